The van der Waals surface area contributed by atoms with Gasteiger partial charge in [-0.2, -0.15) is 0 Å². The van der Waals surface area contributed by atoms with E-state index in [4.69, 9.17) is 11.6 Å². The van der Waals surface area contributed by atoms with Gasteiger partial charge in [0.15, 0.2) is 5.13 Å². The third-order valence-electron chi connectivity index (χ3n) is 4.00. The van der Waals surface area contributed by atoms with Crippen LogP contribution in [0.2, 0.25) is 5.02 Å². The monoisotopic (exact) mass is 478 g/mol. The van der Waals surface area contributed by atoms with Crippen LogP contribution in [0.5, 0.6) is 0 Å². The summed E-state index contributed by atoms with van der Waals surface area (Å²) in [7, 11) is -3.75. The molecule has 0 unspecified atom stereocenters. The molecule has 0 bridgehead atoms. The molecule has 8 nitrogen and oxygen atoms in total. The Morgan fingerprint density at radius 2 is 1.84 bits per heavy atom. The summed E-state index contributed by atoms with van der Waals surface area (Å²) >= 11 is 7.08. The van der Waals surface area contributed by atoms with E-state index in [1.807, 2.05) is 12.1 Å². The van der Waals surface area contributed by atoms with Crippen LogP contribution in [0.3, 0.4) is 0 Å². The summed E-state index contributed by atoms with van der Waals surface area (Å²) in [5, 5.41) is 7.86. The molecule has 31 heavy (non-hydrogen) atoms. The van der Waals surface area contributed by atoms with E-state index >= 15 is 0 Å². The van der Waals surface area contributed by atoms with E-state index in [2.05, 4.69) is 20.3 Å². The summed E-state index contributed by atoms with van der Waals surface area (Å²) in [4.78, 5) is 27.6. The highest BCUT2D eigenvalue weighted by atomic mass is 35.5. The number of hydrogen-bond donors (Lipinski definition) is 3. The molecule has 162 valence electrons. The van der Waals surface area contributed by atoms with Crippen molar-refractivity contribution in [2.45, 2.75) is 18.2 Å². The van der Waals surface area contributed by atoms with Gasteiger partial charge in [-0.1, -0.05) is 29.8 Å². The first-order chi connectivity index (χ1) is 14.7. The van der Waals surface area contributed by atoms with Gasteiger partial charge in [-0.25, -0.2) is 18.1 Å². The Bertz CT molecular complexity index is 1190. The molecule has 3 rings (SSSR count). The minimum Gasteiger partial charge on any atom is -0.326 e. The summed E-state index contributed by atoms with van der Waals surface area (Å²) in [6.45, 7) is 1.37. The second kappa shape index (κ2) is 10.0. The zero-order valence-electron chi connectivity index (χ0n) is 16.4. The minimum atomic E-state index is -3.75. The Morgan fingerprint density at radius 3 is 2.52 bits per heavy atom. The molecule has 3 aromatic rings. The van der Waals surface area contributed by atoms with Gasteiger partial charge in [-0.15, -0.1) is 11.3 Å². The molecule has 0 spiro atoms. The number of thiazole rings is 1. The van der Waals surface area contributed by atoms with E-state index < -0.39 is 10.0 Å². The van der Waals surface area contributed by atoms with Gasteiger partial charge in [-0.3, -0.25) is 9.59 Å². The third kappa shape index (κ3) is 6.59. The predicted octanol–water partition coefficient (Wildman–Crippen LogP) is 3.73. The van der Waals surface area contributed by atoms with E-state index in [1.165, 1.54) is 36.5 Å². The highest BCUT2D eigenvalue weighted by Crippen LogP contribution is 2.26. The van der Waals surface area contributed by atoms with E-state index in [9.17, 15) is 18.0 Å². The van der Waals surface area contributed by atoms with Crippen LogP contribution in [0, 0.1) is 0 Å². The first-order valence-corrected chi connectivity index (χ1v) is 11.9. The van der Waals surface area contributed by atoms with Gasteiger partial charge in [0, 0.05) is 41.5 Å². The van der Waals surface area contributed by atoms with E-state index in [-0.39, 0.29) is 29.7 Å². The molecule has 0 aliphatic carbocycles. The minimum absolute atomic E-state index is 0.0366. The first-order valence-electron chi connectivity index (χ1n) is 9.11. The number of carbonyl (C=O) groups excluding carboxylic acids is 2. The van der Waals surface area contributed by atoms with Gasteiger partial charge in [0.1, 0.15) is 0 Å². The fourth-order valence-electron chi connectivity index (χ4n) is 2.59. The highest BCUT2D eigenvalue weighted by Gasteiger charge is 2.15. The van der Waals surface area contributed by atoms with Gasteiger partial charge >= 0.3 is 0 Å². The number of benzene rings is 2. The Hall–Kier alpha value is -2.79. The lowest BCUT2D eigenvalue weighted by molar-refractivity contribution is -0.116. The molecule has 2 aromatic carbocycles. The molecule has 0 saturated carbocycles. The summed E-state index contributed by atoms with van der Waals surface area (Å²) in [5.41, 5.74) is 2.19. The van der Waals surface area contributed by atoms with Crippen molar-refractivity contribution < 1.29 is 18.0 Å². The van der Waals surface area contributed by atoms with Crippen LogP contribution in [-0.2, 0) is 19.6 Å². The number of sulfonamides is 1. The van der Waals surface area contributed by atoms with E-state index in [0.29, 0.717) is 21.5 Å². The Balaban J connectivity index is 1.52. The van der Waals surface area contributed by atoms with Crippen LogP contribution in [0.1, 0.15) is 13.3 Å². The molecule has 1 aromatic heterocycles. The van der Waals surface area contributed by atoms with Crippen molar-refractivity contribution in [1.82, 2.24) is 9.71 Å². The zero-order valence-corrected chi connectivity index (χ0v) is 18.8. The van der Waals surface area contributed by atoms with Gasteiger partial charge in [0.2, 0.25) is 21.8 Å². The topological polar surface area (TPSA) is 117 Å². The summed E-state index contributed by atoms with van der Waals surface area (Å²) < 4.78 is 26.8. The number of aromatic nitrogens is 1. The second-order valence-electron chi connectivity index (χ2n) is 6.45. The summed E-state index contributed by atoms with van der Waals surface area (Å²) in [5.74, 6) is -0.517. The molecular weight excluding hydrogens is 460 g/mol. The van der Waals surface area contributed by atoms with Crippen molar-refractivity contribution >= 4 is 55.6 Å². The molecule has 0 aliphatic rings. The maximum atomic E-state index is 12.2. The molecule has 0 radical (unpaired) electrons. The third-order valence-corrected chi connectivity index (χ3v) is 6.45. The maximum Gasteiger partial charge on any atom is 0.240 e. The Kier molecular flexibility index (Phi) is 7.39. The van der Waals surface area contributed by atoms with Gasteiger partial charge in [-0.05, 0) is 30.3 Å². The number of carbonyl (C=O) groups is 2. The standard InChI is InChI=1S/C20H19ClN4O4S2/c1-13(26)23-16-7-5-14(6-8-16)18-12-30-20(24-18)25-19(27)9-10-22-31(28,29)17-4-2-3-15(21)11-17/h2-8,11-12,22H,9-10H2,1H3,(H,23,26)(H,24,25,27). The van der Waals surface area contributed by atoms with Gasteiger partial charge < -0.3 is 10.6 Å². The van der Waals surface area contributed by atoms with Crippen molar-refractivity contribution in [3.05, 3.63) is 58.9 Å². The van der Waals surface area contributed by atoms with Crippen LogP contribution in [0.15, 0.2) is 58.8 Å². The number of amides is 2. The molecule has 2 amide bonds. The van der Waals surface area contributed by atoms with Crippen LogP contribution in [0.4, 0.5) is 10.8 Å². The number of nitrogens with one attached hydrogen (secondary N) is 3. The van der Waals surface area contributed by atoms with E-state index in [0.717, 1.165) is 5.56 Å². The van der Waals surface area contributed by atoms with Crippen molar-refractivity contribution in [3.8, 4) is 11.3 Å². The van der Waals surface area contributed by atoms with Crippen LogP contribution >= 0.6 is 22.9 Å². The highest BCUT2D eigenvalue weighted by molar-refractivity contribution is 7.89. The van der Waals surface area contributed by atoms with Crippen LogP contribution < -0.4 is 15.4 Å². The van der Waals surface area contributed by atoms with Crippen molar-refractivity contribution in [1.29, 1.82) is 0 Å². The van der Waals surface area contributed by atoms with Gasteiger partial charge in [0.25, 0.3) is 0 Å². The van der Waals surface area contributed by atoms with Crippen LogP contribution in [-0.4, -0.2) is 31.8 Å². The number of rotatable bonds is 8. The smallest absolute Gasteiger partial charge is 0.240 e. The average Bonchev–Trinajstić information content (AvgIpc) is 3.16. The molecule has 3 N–H and O–H groups in total. The second-order valence-corrected chi connectivity index (χ2v) is 9.51. The predicted molar refractivity (Wildman–Crippen MR) is 122 cm³/mol. The molecule has 0 saturated heterocycles. The van der Waals surface area contributed by atoms with Gasteiger partial charge in [0.05, 0.1) is 10.6 Å². The van der Waals surface area contributed by atoms with E-state index in [1.54, 1.807) is 23.6 Å². The largest absolute Gasteiger partial charge is 0.326 e. The molecule has 11 heteroatoms. The van der Waals surface area contributed by atoms with Crippen molar-refractivity contribution in [2.24, 2.45) is 0 Å². The average molecular weight is 479 g/mol. The molecular formula is C20H19ClN4O4S2. The summed E-state index contributed by atoms with van der Waals surface area (Å²) in [6.07, 6.45) is -0.0554. The first kappa shape index (κ1) is 22.9. The SMILES string of the molecule is CC(=O)Nc1ccc(-c2csc(NC(=O)CCNS(=O)(=O)c3cccc(Cl)c3)n2)cc1. The Labute approximate surface area is 188 Å². The fourth-order valence-corrected chi connectivity index (χ4v) is 4.66. The maximum absolute atomic E-state index is 12.2. The molecule has 0 atom stereocenters. The number of halogens is 1. The number of nitrogens with zero attached hydrogens (tertiary/aromatic N) is 1. The van der Waals surface area contributed by atoms with Crippen molar-refractivity contribution in [2.75, 3.05) is 17.2 Å². The number of hydrogen-bond acceptors (Lipinski definition) is 6. The lowest BCUT2D eigenvalue weighted by Crippen LogP contribution is -2.27. The normalized spacial score (nSPS) is 11.2. The van der Waals surface area contributed by atoms with Crippen molar-refractivity contribution in [3.63, 3.8) is 0 Å². The summed E-state index contributed by atoms with van der Waals surface area (Å²) in [6, 6.07) is 13.0. The lowest BCUT2D eigenvalue weighted by atomic mass is 10.1. The van der Waals surface area contributed by atoms with Crippen LogP contribution in [0.25, 0.3) is 11.3 Å². The fraction of sp³-hybridized carbons (Fsp3) is 0.150. The quantitative estimate of drug-likeness (QED) is 0.456. The lowest BCUT2D eigenvalue weighted by Gasteiger charge is -2.07. The molecule has 0 fully saturated rings. The number of anilines is 2. The Morgan fingerprint density at radius 1 is 1.10 bits per heavy atom. The zero-order chi connectivity index (χ0) is 22.4. The molecule has 1 heterocycles. The molecule has 0 aliphatic heterocycles.